The van der Waals surface area contributed by atoms with Crippen molar-refractivity contribution in [3.8, 4) is 0 Å². The Morgan fingerprint density at radius 3 is 3.08 bits per heavy atom. The molecule has 74 valence electrons. The molecule has 0 aliphatic heterocycles. The van der Waals surface area contributed by atoms with Gasteiger partial charge < -0.3 is 9.88 Å². The zero-order chi connectivity index (χ0) is 9.52. The molecule has 0 aromatic carbocycles. The summed E-state index contributed by atoms with van der Waals surface area (Å²) in [4.78, 5) is 0. The number of nitrogens with one attached hydrogen (secondary N) is 1. The summed E-state index contributed by atoms with van der Waals surface area (Å²) in [6, 6.07) is 2.18. The molecule has 1 N–H and O–H groups in total. The van der Waals surface area contributed by atoms with Crippen LogP contribution in [-0.4, -0.2) is 23.1 Å². The Labute approximate surface area is 84.7 Å². The Bertz CT molecular complexity index is 210. The molecule has 0 fully saturated rings. The maximum Gasteiger partial charge on any atom is 0.0310 e. The molecule has 13 heavy (non-hydrogen) atoms. The van der Waals surface area contributed by atoms with Crippen molar-refractivity contribution in [2.24, 2.45) is 0 Å². The molecular weight excluding hydrogens is 180 g/mol. The second-order valence-corrected chi connectivity index (χ2v) is 4.02. The maximum atomic E-state index is 3.32. The van der Waals surface area contributed by atoms with Gasteiger partial charge in [0.15, 0.2) is 0 Å². The van der Waals surface area contributed by atoms with Crippen molar-refractivity contribution >= 4 is 11.8 Å². The molecule has 0 atom stereocenters. The first-order chi connectivity index (χ1) is 6.36. The van der Waals surface area contributed by atoms with Gasteiger partial charge in [0.25, 0.3) is 0 Å². The van der Waals surface area contributed by atoms with Gasteiger partial charge in [-0.05, 0) is 24.4 Å². The number of nitrogens with zero attached hydrogens (tertiary/aromatic N) is 1. The van der Waals surface area contributed by atoms with Crippen LogP contribution in [0.4, 0.5) is 0 Å². The van der Waals surface area contributed by atoms with Crippen LogP contribution in [0.3, 0.4) is 0 Å². The lowest BCUT2D eigenvalue weighted by atomic mass is 10.3. The lowest BCUT2D eigenvalue weighted by Gasteiger charge is -2.00. The van der Waals surface area contributed by atoms with Crippen molar-refractivity contribution in [2.75, 3.05) is 18.6 Å². The number of hydrogen-bond donors (Lipinski definition) is 1. The average Bonchev–Trinajstić information content (AvgIpc) is 2.59. The van der Waals surface area contributed by atoms with Gasteiger partial charge in [-0.25, -0.2) is 0 Å². The number of thioether (sulfide) groups is 1. The van der Waals surface area contributed by atoms with Crippen molar-refractivity contribution in [1.82, 2.24) is 9.88 Å². The van der Waals surface area contributed by atoms with E-state index < -0.39 is 0 Å². The van der Waals surface area contributed by atoms with E-state index in [-0.39, 0.29) is 0 Å². The largest absolute Gasteiger partial charge is 0.353 e. The molecule has 0 radical (unpaired) electrons. The molecule has 0 aliphatic rings. The van der Waals surface area contributed by atoms with Gasteiger partial charge in [-0.15, -0.1) is 0 Å². The lowest BCUT2D eigenvalue weighted by molar-refractivity contribution is 0.718. The number of aryl methyl sites for hydroxylation is 1. The zero-order valence-corrected chi connectivity index (χ0v) is 9.23. The Morgan fingerprint density at radius 2 is 2.38 bits per heavy atom. The van der Waals surface area contributed by atoms with E-state index in [9.17, 15) is 0 Å². The molecule has 0 bridgehead atoms. The van der Waals surface area contributed by atoms with Gasteiger partial charge in [0, 0.05) is 31.2 Å². The van der Waals surface area contributed by atoms with Crippen molar-refractivity contribution in [1.29, 1.82) is 0 Å². The summed E-state index contributed by atoms with van der Waals surface area (Å²) in [5.41, 5.74) is 1.38. The van der Waals surface area contributed by atoms with Gasteiger partial charge >= 0.3 is 0 Å². The van der Waals surface area contributed by atoms with E-state index >= 15 is 0 Å². The van der Waals surface area contributed by atoms with Crippen molar-refractivity contribution in [2.45, 2.75) is 20.0 Å². The van der Waals surface area contributed by atoms with Crippen LogP contribution in [0.5, 0.6) is 0 Å². The van der Waals surface area contributed by atoms with Crippen LogP contribution in [0, 0.1) is 0 Å². The predicted molar refractivity (Wildman–Crippen MR) is 60.2 cm³/mol. The number of aromatic nitrogens is 1. The molecule has 3 heteroatoms. The van der Waals surface area contributed by atoms with Crippen LogP contribution in [0.1, 0.15) is 12.5 Å². The van der Waals surface area contributed by atoms with Crippen molar-refractivity contribution in [3.63, 3.8) is 0 Å². The lowest BCUT2D eigenvalue weighted by Crippen LogP contribution is -2.11. The van der Waals surface area contributed by atoms with Crippen LogP contribution in [0.2, 0.25) is 0 Å². The van der Waals surface area contributed by atoms with Crippen LogP contribution in [0.25, 0.3) is 0 Å². The summed E-state index contributed by atoms with van der Waals surface area (Å²) in [5.74, 6) is 1.19. The summed E-state index contributed by atoms with van der Waals surface area (Å²) in [7, 11) is 0. The van der Waals surface area contributed by atoms with E-state index in [0.717, 1.165) is 19.6 Å². The molecule has 0 saturated heterocycles. The fourth-order valence-corrected chi connectivity index (χ4v) is 1.59. The van der Waals surface area contributed by atoms with E-state index in [0.29, 0.717) is 0 Å². The van der Waals surface area contributed by atoms with Crippen LogP contribution in [-0.2, 0) is 13.1 Å². The molecule has 0 saturated carbocycles. The third kappa shape index (κ3) is 3.87. The van der Waals surface area contributed by atoms with E-state index in [1.54, 1.807) is 0 Å². The molecule has 0 unspecified atom stereocenters. The van der Waals surface area contributed by atoms with Crippen LogP contribution in [0.15, 0.2) is 18.5 Å². The molecule has 0 spiro atoms. The number of hydrogen-bond acceptors (Lipinski definition) is 2. The maximum absolute atomic E-state index is 3.32. The molecule has 1 heterocycles. The van der Waals surface area contributed by atoms with Gasteiger partial charge in [-0.3, -0.25) is 0 Å². The van der Waals surface area contributed by atoms with Crippen LogP contribution >= 0.6 is 11.8 Å². The summed E-state index contributed by atoms with van der Waals surface area (Å²) in [6.07, 6.45) is 6.52. The Morgan fingerprint density at radius 1 is 1.54 bits per heavy atom. The summed E-state index contributed by atoms with van der Waals surface area (Å²) in [5, 5.41) is 3.32. The highest BCUT2D eigenvalue weighted by Gasteiger charge is 1.95. The molecular formula is C10H18N2S. The van der Waals surface area contributed by atoms with Gasteiger partial charge in [0.05, 0.1) is 0 Å². The topological polar surface area (TPSA) is 17.0 Å². The molecule has 0 aliphatic carbocycles. The number of rotatable bonds is 6. The molecule has 0 amide bonds. The smallest absolute Gasteiger partial charge is 0.0310 e. The summed E-state index contributed by atoms with van der Waals surface area (Å²) < 4.78 is 2.25. The summed E-state index contributed by atoms with van der Waals surface area (Å²) >= 11 is 1.89. The fraction of sp³-hybridized carbons (Fsp3) is 0.600. The zero-order valence-electron chi connectivity index (χ0n) is 8.42. The Hall–Kier alpha value is -0.410. The average molecular weight is 198 g/mol. The SMILES string of the molecule is CCNCc1ccn(CCSC)c1. The standard InChI is InChI=1S/C10H18N2S/c1-3-11-8-10-4-5-12(9-10)6-7-13-2/h4-5,9,11H,3,6-8H2,1-2H3. The second-order valence-electron chi connectivity index (χ2n) is 3.03. The monoisotopic (exact) mass is 198 g/mol. The first-order valence-electron chi connectivity index (χ1n) is 4.71. The minimum atomic E-state index is 0.989. The molecule has 1 rings (SSSR count). The highest BCUT2D eigenvalue weighted by molar-refractivity contribution is 7.98. The molecule has 1 aromatic heterocycles. The normalized spacial score (nSPS) is 10.6. The third-order valence-electron chi connectivity index (χ3n) is 1.94. The predicted octanol–water partition coefficient (Wildman–Crippen LogP) is 1.96. The van der Waals surface area contributed by atoms with E-state index in [4.69, 9.17) is 0 Å². The van der Waals surface area contributed by atoms with Crippen molar-refractivity contribution < 1.29 is 0 Å². The quantitative estimate of drug-likeness (QED) is 0.752. The van der Waals surface area contributed by atoms with Crippen molar-refractivity contribution in [3.05, 3.63) is 24.0 Å². The van der Waals surface area contributed by atoms with Gasteiger partial charge in [0.2, 0.25) is 0 Å². The first-order valence-corrected chi connectivity index (χ1v) is 6.10. The molecule has 1 aromatic rings. The van der Waals surface area contributed by atoms with Gasteiger partial charge in [-0.2, -0.15) is 11.8 Å². The first kappa shape index (κ1) is 10.7. The minimum Gasteiger partial charge on any atom is -0.353 e. The third-order valence-corrected chi connectivity index (χ3v) is 2.54. The van der Waals surface area contributed by atoms with Gasteiger partial charge in [0.1, 0.15) is 0 Å². The van der Waals surface area contributed by atoms with E-state index in [2.05, 4.69) is 41.5 Å². The highest BCUT2D eigenvalue weighted by atomic mass is 32.2. The minimum absolute atomic E-state index is 0.989. The summed E-state index contributed by atoms with van der Waals surface area (Å²) in [6.45, 7) is 5.27. The van der Waals surface area contributed by atoms with E-state index in [1.165, 1.54) is 11.3 Å². The Balaban J connectivity index is 2.34. The van der Waals surface area contributed by atoms with E-state index in [1.807, 2.05) is 11.8 Å². The highest BCUT2D eigenvalue weighted by Crippen LogP contribution is 2.02. The fourth-order valence-electron chi connectivity index (χ4n) is 1.20. The van der Waals surface area contributed by atoms with Crippen LogP contribution < -0.4 is 5.32 Å². The molecule has 2 nitrogen and oxygen atoms in total. The second kappa shape index (κ2) is 6.11. The Kier molecular flexibility index (Phi) is 5.01. The van der Waals surface area contributed by atoms with Gasteiger partial charge in [-0.1, -0.05) is 6.92 Å².